The second-order valence-electron chi connectivity index (χ2n) is 12.1. The molecule has 1 heterocycles. The molecule has 0 spiro atoms. The summed E-state index contributed by atoms with van der Waals surface area (Å²) in [7, 11) is 0. The summed E-state index contributed by atoms with van der Waals surface area (Å²) >= 11 is 8.04. The molecule has 0 bridgehead atoms. The van der Waals surface area contributed by atoms with Gasteiger partial charge in [0.1, 0.15) is 0 Å². The highest BCUT2D eigenvalue weighted by molar-refractivity contribution is 9.11. The van der Waals surface area contributed by atoms with Crippen LogP contribution in [0, 0.1) is 0 Å². The fraction of sp³-hybridized carbons (Fsp3) is 0.459. The SMILES string of the molecule is CCCCCCCCC(CCCCCCCC)n1c2cc(Br)c3cccc4c5cccc6c(Br)cc1c(c65)c2c34. The molecule has 6 rings (SSSR count). The van der Waals surface area contributed by atoms with Crippen molar-refractivity contribution in [3.63, 3.8) is 0 Å². The summed E-state index contributed by atoms with van der Waals surface area (Å²) in [5.41, 5.74) is 2.83. The van der Waals surface area contributed by atoms with Crippen molar-refractivity contribution in [2.45, 2.75) is 110 Å². The normalized spacial score (nSPS) is 12.6. The van der Waals surface area contributed by atoms with Gasteiger partial charge >= 0.3 is 0 Å². The molecule has 0 unspecified atom stereocenters. The lowest BCUT2D eigenvalue weighted by molar-refractivity contribution is 0.410. The van der Waals surface area contributed by atoms with Crippen LogP contribution < -0.4 is 0 Å². The van der Waals surface area contributed by atoms with Crippen LogP contribution in [0.4, 0.5) is 0 Å². The van der Waals surface area contributed by atoms with Crippen molar-refractivity contribution in [2.75, 3.05) is 0 Å². The van der Waals surface area contributed by atoms with Crippen molar-refractivity contribution in [1.29, 1.82) is 0 Å². The van der Waals surface area contributed by atoms with Crippen LogP contribution in [-0.4, -0.2) is 4.57 Å². The maximum Gasteiger partial charge on any atom is 0.0512 e. The van der Waals surface area contributed by atoms with Crippen molar-refractivity contribution in [1.82, 2.24) is 4.57 Å². The highest BCUT2D eigenvalue weighted by atomic mass is 79.9. The summed E-state index contributed by atoms with van der Waals surface area (Å²) < 4.78 is 5.21. The van der Waals surface area contributed by atoms with Crippen LogP contribution >= 0.6 is 31.9 Å². The summed E-state index contributed by atoms with van der Waals surface area (Å²) in [6.45, 7) is 4.62. The molecule has 6 aromatic rings. The molecule has 0 atom stereocenters. The summed E-state index contributed by atoms with van der Waals surface area (Å²) in [6, 6.07) is 19.1. The first-order chi connectivity index (χ1) is 19.7. The zero-order valence-electron chi connectivity index (χ0n) is 24.3. The Morgan fingerprint density at radius 3 is 1.38 bits per heavy atom. The van der Waals surface area contributed by atoms with Crippen molar-refractivity contribution in [2.24, 2.45) is 0 Å². The number of nitrogens with zero attached hydrogens (tertiary/aromatic N) is 1. The first-order valence-corrected chi connectivity index (χ1v) is 17.5. The number of hydrogen-bond donors (Lipinski definition) is 0. The van der Waals surface area contributed by atoms with Crippen molar-refractivity contribution in [3.8, 4) is 0 Å². The zero-order chi connectivity index (χ0) is 27.6. The quantitative estimate of drug-likeness (QED) is 0.0586. The van der Waals surface area contributed by atoms with E-state index in [1.54, 1.807) is 0 Å². The highest BCUT2D eigenvalue weighted by Crippen LogP contribution is 2.50. The minimum atomic E-state index is 0.531. The van der Waals surface area contributed by atoms with E-state index in [9.17, 15) is 0 Å². The Balaban J connectivity index is 1.50. The maximum atomic E-state index is 4.02. The first kappa shape index (κ1) is 28.3. The minimum absolute atomic E-state index is 0.531. The van der Waals surface area contributed by atoms with Crippen LogP contribution in [0.1, 0.15) is 110 Å². The Hall–Kier alpha value is -1.84. The van der Waals surface area contributed by atoms with Crippen LogP contribution in [0.15, 0.2) is 57.5 Å². The van der Waals surface area contributed by atoms with E-state index in [0.717, 1.165) is 0 Å². The van der Waals surface area contributed by atoms with Gasteiger partial charge in [-0.25, -0.2) is 0 Å². The third kappa shape index (κ3) is 5.04. The molecular weight excluding hydrogens is 618 g/mol. The molecule has 0 saturated heterocycles. The molecule has 0 saturated carbocycles. The molecule has 0 aliphatic rings. The van der Waals surface area contributed by atoms with Crippen LogP contribution in [0.25, 0.3) is 54.1 Å². The van der Waals surface area contributed by atoms with Gasteiger partial charge < -0.3 is 4.57 Å². The number of fused-ring (bicyclic) bond motifs is 1. The van der Waals surface area contributed by atoms with Gasteiger partial charge in [-0.15, -0.1) is 0 Å². The van der Waals surface area contributed by atoms with E-state index in [4.69, 9.17) is 0 Å². The van der Waals surface area contributed by atoms with Crippen molar-refractivity contribution >= 4 is 86.0 Å². The van der Waals surface area contributed by atoms with E-state index in [2.05, 4.69) is 98.8 Å². The van der Waals surface area contributed by atoms with E-state index in [1.165, 1.54) is 153 Å². The van der Waals surface area contributed by atoms with Gasteiger partial charge in [-0.05, 0) is 46.5 Å². The van der Waals surface area contributed by atoms with Gasteiger partial charge in [-0.2, -0.15) is 0 Å². The molecule has 0 fully saturated rings. The fourth-order valence-corrected chi connectivity index (χ4v) is 8.51. The molecule has 0 amide bonds. The summed E-state index contributed by atoms with van der Waals surface area (Å²) in [5, 5.41) is 11.2. The van der Waals surface area contributed by atoms with Gasteiger partial charge in [0, 0.05) is 36.5 Å². The number of benzene rings is 5. The van der Waals surface area contributed by atoms with Gasteiger partial charge in [0.2, 0.25) is 0 Å². The van der Waals surface area contributed by atoms with Gasteiger partial charge in [0.25, 0.3) is 0 Å². The molecule has 210 valence electrons. The second-order valence-corrected chi connectivity index (χ2v) is 13.8. The first-order valence-electron chi connectivity index (χ1n) is 16.0. The lowest BCUT2D eigenvalue weighted by atomic mass is 9.90. The van der Waals surface area contributed by atoms with Crippen molar-refractivity contribution in [3.05, 3.63) is 57.5 Å². The number of rotatable bonds is 15. The topological polar surface area (TPSA) is 4.93 Å². The Labute approximate surface area is 256 Å². The second kappa shape index (κ2) is 12.6. The number of halogens is 2. The van der Waals surface area contributed by atoms with Gasteiger partial charge in [0.05, 0.1) is 11.0 Å². The third-order valence-corrected chi connectivity index (χ3v) is 10.7. The minimum Gasteiger partial charge on any atom is -0.337 e. The molecule has 0 N–H and O–H groups in total. The van der Waals surface area contributed by atoms with Gasteiger partial charge in [-0.1, -0.05) is 159 Å². The predicted octanol–water partition coefficient (Wildman–Crippen LogP) is 13.7. The molecule has 0 aliphatic carbocycles. The van der Waals surface area contributed by atoms with Crippen LogP contribution in [-0.2, 0) is 0 Å². The Bertz CT molecular complexity index is 1590. The Kier molecular flexibility index (Phi) is 8.89. The average molecular weight is 662 g/mol. The molecule has 0 aliphatic heterocycles. The number of aromatic nitrogens is 1. The van der Waals surface area contributed by atoms with E-state index in [1.807, 2.05) is 0 Å². The monoisotopic (exact) mass is 659 g/mol. The third-order valence-electron chi connectivity index (χ3n) is 9.39. The predicted molar refractivity (Wildman–Crippen MR) is 185 cm³/mol. The highest BCUT2D eigenvalue weighted by Gasteiger charge is 2.26. The van der Waals surface area contributed by atoms with Crippen LogP contribution in [0.3, 0.4) is 0 Å². The lowest BCUT2D eigenvalue weighted by Crippen LogP contribution is -2.09. The Morgan fingerprint density at radius 1 is 0.525 bits per heavy atom. The zero-order valence-corrected chi connectivity index (χ0v) is 27.5. The molecule has 3 heteroatoms. The molecule has 0 radical (unpaired) electrons. The molecule has 1 aromatic heterocycles. The van der Waals surface area contributed by atoms with Crippen molar-refractivity contribution < 1.29 is 0 Å². The summed E-state index contributed by atoms with van der Waals surface area (Å²) in [4.78, 5) is 0. The molecule has 5 aromatic carbocycles. The smallest absolute Gasteiger partial charge is 0.0512 e. The average Bonchev–Trinajstić information content (AvgIpc) is 3.29. The number of unbranched alkanes of at least 4 members (excludes halogenated alkanes) is 10. The Morgan fingerprint density at radius 2 is 0.925 bits per heavy atom. The van der Waals surface area contributed by atoms with Crippen LogP contribution in [0.5, 0.6) is 0 Å². The van der Waals surface area contributed by atoms with E-state index >= 15 is 0 Å². The maximum absolute atomic E-state index is 4.02. The number of hydrogen-bond acceptors (Lipinski definition) is 0. The van der Waals surface area contributed by atoms with Gasteiger partial charge in [0.15, 0.2) is 0 Å². The fourth-order valence-electron chi connectivity index (χ4n) is 7.42. The van der Waals surface area contributed by atoms with Gasteiger partial charge in [-0.3, -0.25) is 0 Å². The summed E-state index contributed by atoms with van der Waals surface area (Å²) in [5.74, 6) is 0. The van der Waals surface area contributed by atoms with Crippen LogP contribution in [0.2, 0.25) is 0 Å². The molecule has 1 nitrogen and oxygen atoms in total. The van der Waals surface area contributed by atoms with E-state index in [0.29, 0.717) is 6.04 Å². The molecule has 40 heavy (non-hydrogen) atoms. The summed E-state index contributed by atoms with van der Waals surface area (Å²) in [6.07, 6.45) is 18.8. The lowest BCUT2D eigenvalue weighted by Gasteiger charge is -2.22. The largest absolute Gasteiger partial charge is 0.337 e. The van der Waals surface area contributed by atoms with E-state index in [-0.39, 0.29) is 0 Å². The van der Waals surface area contributed by atoms with E-state index < -0.39 is 0 Å². The standard InChI is InChI=1S/C37H43Br2N/c1-3-5-7-9-11-13-17-25(18-14-12-10-8-6-4-2)40-32-23-30(38)28-21-15-19-26-27-20-16-22-29-31(39)24-33(40)37(35(27)29)36(32)34(26)28/h15-16,19-25H,3-14,17-18H2,1-2H3. The molecular formula is C37H43Br2N.